The molecule has 0 spiro atoms. The van der Waals surface area contributed by atoms with E-state index in [4.69, 9.17) is 14.2 Å². The largest absolute Gasteiger partial charge is 0.486 e. The third kappa shape index (κ3) is 4.06. The van der Waals surface area contributed by atoms with Gasteiger partial charge in [-0.15, -0.1) is 22.7 Å². The van der Waals surface area contributed by atoms with Gasteiger partial charge in [0.2, 0.25) is 0 Å². The van der Waals surface area contributed by atoms with Crippen molar-refractivity contribution in [2.24, 2.45) is 5.10 Å². The van der Waals surface area contributed by atoms with Crippen LogP contribution < -0.4 is 9.47 Å². The number of benzene rings is 1. The Morgan fingerprint density at radius 3 is 2.65 bits per heavy atom. The van der Waals surface area contributed by atoms with Crippen molar-refractivity contribution in [3.63, 3.8) is 0 Å². The van der Waals surface area contributed by atoms with Gasteiger partial charge in [-0.3, -0.25) is 4.79 Å². The number of rotatable bonds is 5. The third-order valence-corrected chi connectivity index (χ3v) is 6.84. The van der Waals surface area contributed by atoms with Gasteiger partial charge in [0.05, 0.1) is 22.2 Å². The van der Waals surface area contributed by atoms with Crippen molar-refractivity contribution in [1.82, 2.24) is 5.01 Å². The Hall–Kier alpha value is -3.17. The maximum Gasteiger partial charge on any atom is 0.338 e. The fourth-order valence-electron chi connectivity index (χ4n) is 3.48. The number of hydrogen-bond donors (Lipinski definition) is 0. The van der Waals surface area contributed by atoms with Crippen LogP contribution in [0.1, 0.15) is 32.6 Å². The zero-order chi connectivity index (χ0) is 21.2. The Morgan fingerprint density at radius 2 is 1.87 bits per heavy atom. The number of hydrogen-bond acceptors (Lipinski definition) is 8. The van der Waals surface area contributed by atoms with Gasteiger partial charge < -0.3 is 14.2 Å². The Kier molecular flexibility index (Phi) is 5.44. The minimum absolute atomic E-state index is 0.197. The Bertz CT molecular complexity index is 1120. The molecule has 1 unspecified atom stereocenters. The van der Waals surface area contributed by atoms with Crippen LogP contribution in [-0.4, -0.2) is 42.4 Å². The quantitative estimate of drug-likeness (QED) is 0.542. The zero-order valence-corrected chi connectivity index (χ0v) is 18.0. The van der Waals surface area contributed by atoms with E-state index in [1.54, 1.807) is 40.9 Å². The maximum atomic E-state index is 12.9. The normalized spacial score (nSPS) is 17.4. The summed E-state index contributed by atoms with van der Waals surface area (Å²) in [4.78, 5) is 27.5. The summed E-state index contributed by atoms with van der Waals surface area (Å²) in [5.74, 6) is 0.121. The fraction of sp³-hybridized carbons (Fsp3) is 0.227. The monoisotopic (exact) mass is 454 g/mol. The highest BCUT2D eigenvalue weighted by atomic mass is 32.1. The number of amides is 1. The van der Waals surface area contributed by atoms with Crippen molar-refractivity contribution in [2.75, 3.05) is 19.8 Å². The second-order valence-electron chi connectivity index (χ2n) is 6.93. The third-order valence-electron chi connectivity index (χ3n) is 4.95. The molecule has 4 heterocycles. The van der Waals surface area contributed by atoms with Crippen molar-refractivity contribution in [2.45, 2.75) is 12.5 Å². The van der Waals surface area contributed by atoms with Gasteiger partial charge in [-0.05, 0) is 41.1 Å². The minimum atomic E-state index is -0.598. The van der Waals surface area contributed by atoms with Crippen molar-refractivity contribution >= 4 is 40.3 Å². The number of ether oxygens (including phenoxy) is 3. The smallest absolute Gasteiger partial charge is 0.338 e. The molecule has 0 saturated carbocycles. The molecular weight excluding hydrogens is 436 g/mol. The van der Waals surface area contributed by atoms with Crippen LogP contribution in [0.15, 0.2) is 58.3 Å². The summed E-state index contributed by atoms with van der Waals surface area (Å²) in [6.07, 6.45) is 0.628. The first-order chi connectivity index (χ1) is 15.2. The highest BCUT2D eigenvalue weighted by Gasteiger charge is 2.34. The number of carbonyl (C=O) groups excluding carboxylic acids is 2. The van der Waals surface area contributed by atoms with E-state index in [0.717, 1.165) is 15.5 Å². The van der Waals surface area contributed by atoms with Crippen LogP contribution in [0.2, 0.25) is 0 Å². The molecule has 31 heavy (non-hydrogen) atoms. The Balaban J connectivity index is 1.29. The van der Waals surface area contributed by atoms with Crippen molar-refractivity contribution in [3.05, 3.63) is 68.5 Å². The second-order valence-corrected chi connectivity index (χ2v) is 8.86. The number of hydrazone groups is 1. The second kappa shape index (κ2) is 8.52. The van der Waals surface area contributed by atoms with Gasteiger partial charge in [-0.25, -0.2) is 9.80 Å². The van der Waals surface area contributed by atoms with E-state index < -0.39 is 12.6 Å². The lowest BCUT2D eigenvalue weighted by Gasteiger charge is -2.21. The van der Waals surface area contributed by atoms with Gasteiger partial charge >= 0.3 is 5.97 Å². The van der Waals surface area contributed by atoms with E-state index in [1.165, 1.54) is 5.01 Å². The average molecular weight is 455 g/mol. The van der Waals surface area contributed by atoms with E-state index in [-0.39, 0.29) is 11.9 Å². The summed E-state index contributed by atoms with van der Waals surface area (Å²) >= 11 is 3.16. The summed E-state index contributed by atoms with van der Waals surface area (Å²) in [6.45, 7) is 0.504. The number of thiophene rings is 2. The van der Waals surface area contributed by atoms with Crippen molar-refractivity contribution in [1.29, 1.82) is 0 Å². The number of nitrogens with zero attached hydrogens (tertiary/aromatic N) is 2. The van der Waals surface area contributed by atoms with E-state index in [1.807, 2.05) is 35.0 Å². The molecule has 9 heteroatoms. The molecule has 2 aromatic heterocycles. The van der Waals surface area contributed by atoms with Gasteiger partial charge in [0, 0.05) is 11.3 Å². The molecule has 1 atom stereocenters. The molecule has 7 nitrogen and oxygen atoms in total. The van der Waals surface area contributed by atoms with E-state index in [2.05, 4.69) is 5.10 Å². The summed E-state index contributed by atoms with van der Waals surface area (Å²) < 4.78 is 16.3. The minimum Gasteiger partial charge on any atom is -0.486 e. The molecule has 1 amide bonds. The maximum absolute atomic E-state index is 12.9. The predicted octanol–water partition coefficient (Wildman–Crippen LogP) is 4.12. The molecule has 2 aliphatic rings. The van der Waals surface area contributed by atoms with Gasteiger partial charge in [0.25, 0.3) is 5.91 Å². The van der Waals surface area contributed by atoms with Crippen LogP contribution in [0.4, 0.5) is 0 Å². The van der Waals surface area contributed by atoms with Gasteiger partial charge in [0.15, 0.2) is 18.1 Å². The number of esters is 1. The SMILES string of the molecule is O=C(OCC(=O)N1N=C(c2cccs2)CC1c1cccs1)c1ccc2c(c1)OCCO2. The summed E-state index contributed by atoms with van der Waals surface area (Å²) in [6, 6.07) is 12.5. The van der Waals surface area contributed by atoms with Crippen molar-refractivity contribution < 1.29 is 23.8 Å². The molecule has 0 N–H and O–H groups in total. The van der Waals surface area contributed by atoms with Crippen LogP contribution >= 0.6 is 22.7 Å². The first kappa shape index (κ1) is 19.8. The highest BCUT2D eigenvalue weighted by molar-refractivity contribution is 7.12. The molecular formula is C22H18N2O5S2. The topological polar surface area (TPSA) is 77.4 Å². The number of carbonyl (C=O) groups is 2. The van der Waals surface area contributed by atoms with E-state index >= 15 is 0 Å². The standard InChI is InChI=1S/C22H18N2O5S2/c25-21(13-29-22(26)14-5-6-17-18(11-14)28-8-7-27-17)24-16(20-4-2-10-31-20)12-15(23-24)19-3-1-9-30-19/h1-6,9-11,16H,7-8,12-13H2. The van der Waals surface area contributed by atoms with Crippen LogP contribution in [0.5, 0.6) is 11.5 Å². The fourth-order valence-corrected chi connectivity index (χ4v) is 5.01. The Labute approximate surface area is 186 Å². The van der Waals surface area contributed by atoms with Gasteiger partial charge in [-0.2, -0.15) is 5.10 Å². The summed E-state index contributed by atoms with van der Waals surface area (Å²) in [7, 11) is 0. The van der Waals surface area contributed by atoms with Gasteiger partial charge in [0.1, 0.15) is 13.2 Å². The predicted molar refractivity (Wildman–Crippen MR) is 117 cm³/mol. The molecule has 3 aromatic rings. The molecule has 5 rings (SSSR count). The molecule has 0 fully saturated rings. The van der Waals surface area contributed by atoms with Crippen LogP contribution in [0.3, 0.4) is 0 Å². The van der Waals surface area contributed by atoms with E-state index in [9.17, 15) is 9.59 Å². The first-order valence-corrected chi connectivity index (χ1v) is 11.5. The van der Waals surface area contributed by atoms with Gasteiger partial charge in [-0.1, -0.05) is 12.1 Å². The molecule has 158 valence electrons. The van der Waals surface area contributed by atoms with E-state index in [0.29, 0.717) is 36.7 Å². The summed E-state index contributed by atoms with van der Waals surface area (Å²) in [5, 5.41) is 9.97. The highest BCUT2D eigenvalue weighted by Crippen LogP contribution is 2.36. The zero-order valence-electron chi connectivity index (χ0n) is 16.4. The number of fused-ring (bicyclic) bond motifs is 1. The molecule has 0 aliphatic carbocycles. The lowest BCUT2D eigenvalue weighted by Crippen LogP contribution is -2.31. The van der Waals surface area contributed by atoms with Crippen molar-refractivity contribution in [3.8, 4) is 11.5 Å². The first-order valence-electron chi connectivity index (χ1n) is 9.72. The summed E-state index contributed by atoms with van der Waals surface area (Å²) in [5.41, 5.74) is 1.16. The molecule has 0 radical (unpaired) electrons. The molecule has 1 aromatic carbocycles. The average Bonchev–Trinajstić information content (AvgIpc) is 3.57. The molecule has 0 bridgehead atoms. The molecule has 2 aliphatic heterocycles. The Morgan fingerprint density at radius 1 is 1.06 bits per heavy atom. The van der Waals surface area contributed by atoms with Crippen LogP contribution in [0.25, 0.3) is 0 Å². The van der Waals surface area contributed by atoms with Crippen LogP contribution in [-0.2, 0) is 9.53 Å². The lowest BCUT2D eigenvalue weighted by atomic mass is 10.1. The molecule has 0 saturated heterocycles. The lowest BCUT2D eigenvalue weighted by molar-refractivity contribution is -0.136. The van der Waals surface area contributed by atoms with Crippen LogP contribution in [0, 0.1) is 0 Å².